The Balaban J connectivity index is 1.91. The Morgan fingerprint density at radius 2 is 2.05 bits per heavy atom. The maximum atomic E-state index is 5.63. The van der Waals surface area contributed by atoms with Crippen molar-refractivity contribution in [2.24, 2.45) is 0 Å². The normalized spacial score (nSPS) is 18.4. The number of nitrogens with one attached hydrogen (secondary N) is 1. The number of oxazole rings is 1. The van der Waals surface area contributed by atoms with Crippen molar-refractivity contribution >= 4 is 6.01 Å². The van der Waals surface area contributed by atoms with Crippen LogP contribution in [0, 0.1) is 0 Å². The van der Waals surface area contributed by atoms with E-state index < -0.39 is 0 Å². The number of hydrogen-bond acceptors (Lipinski definition) is 5. The van der Waals surface area contributed by atoms with Gasteiger partial charge < -0.3 is 19.5 Å². The van der Waals surface area contributed by atoms with Crippen molar-refractivity contribution in [2.45, 2.75) is 51.7 Å². The van der Waals surface area contributed by atoms with Gasteiger partial charge in [-0.3, -0.25) is 0 Å². The molecule has 0 bridgehead atoms. The lowest BCUT2D eigenvalue weighted by atomic mass is 10.0. The second-order valence-corrected chi connectivity index (χ2v) is 6.87. The van der Waals surface area contributed by atoms with Gasteiger partial charge in [0.15, 0.2) is 0 Å². The number of rotatable bonds is 4. The van der Waals surface area contributed by atoms with Crippen LogP contribution in [0.2, 0.25) is 0 Å². The van der Waals surface area contributed by atoms with Gasteiger partial charge in [-0.1, -0.05) is 0 Å². The molecule has 2 rings (SSSR count). The number of hydrogen-bond donors (Lipinski definition) is 1. The molecule has 0 radical (unpaired) electrons. The second kappa shape index (κ2) is 6.14. The maximum absolute atomic E-state index is 5.63. The molecule has 0 spiro atoms. The molecule has 0 atom stereocenters. The number of nitrogens with zero attached hydrogens (tertiary/aromatic N) is 3. The van der Waals surface area contributed by atoms with E-state index in [2.05, 4.69) is 55.0 Å². The minimum absolute atomic E-state index is 0.0962. The van der Waals surface area contributed by atoms with Crippen molar-refractivity contribution < 1.29 is 4.42 Å². The Bertz CT molecular complexity index is 416. The molecule has 0 amide bonds. The SMILES string of the molecule is CN1CCC(N(C)c2nc(CNC(C)(C)C)co2)CC1. The molecule has 5 nitrogen and oxygen atoms in total. The molecule has 1 aliphatic rings. The Labute approximate surface area is 122 Å². The molecule has 1 fully saturated rings. The summed E-state index contributed by atoms with van der Waals surface area (Å²) in [4.78, 5) is 9.15. The summed E-state index contributed by atoms with van der Waals surface area (Å²) in [5.74, 6) is 0. The molecule has 0 saturated carbocycles. The van der Waals surface area contributed by atoms with Crippen LogP contribution in [0.4, 0.5) is 6.01 Å². The van der Waals surface area contributed by atoms with E-state index in [1.807, 2.05) is 0 Å². The van der Waals surface area contributed by atoms with Gasteiger partial charge >= 0.3 is 0 Å². The summed E-state index contributed by atoms with van der Waals surface area (Å²) in [7, 11) is 4.26. The van der Waals surface area contributed by atoms with Crippen LogP contribution >= 0.6 is 0 Å². The summed E-state index contributed by atoms with van der Waals surface area (Å²) in [5, 5.41) is 3.43. The van der Waals surface area contributed by atoms with E-state index in [0.717, 1.165) is 31.3 Å². The summed E-state index contributed by atoms with van der Waals surface area (Å²) in [6.07, 6.45) is 4.11. The van der Waals surface area contributed by atoms with Crippen molar-refractivity contribution in [2.75, 3.05) is 32.1 Å². The minimum atomic E-state index is 0.0962. The van der Waals surface area contributed by atoms with Gasteiger partial charge in [0.1, 0.15) is 6.26 Å². The monoisotopic (exact) mass is 280 g/mol. The molecule has 1 saturated heterocycles. The third-order valence-electron chi connectivity index (χ3n) is 3.88. The Morgan fingerprint density at radius 3 is 2.65 bits per heavy atom. The van der Waals surface area contributed by atoms with Crippen LogP contribution in [0.15, 0.2) is 10.7 Å². The molecule has 2 heterocycles. The van der Waals surface area contributed by atoms with Crippen molar-refractivity contribution in [3.05, 3.63) is 12.0 Å². The zero-order chi connectivity index (χ0) is 14.8. The highest BCUT2D eigenvalue weighted by molar-refractivity contribution is 5.27. The van der Waals surface area contributed by atoms with Crippen LogP contribution in [0.1, 0.15) is 39.3 Å². The maximum Gasteiger partial charge on any atom is 0.297 e. The zero-order valence-electron chi connectivity index (χ0n) is 13.4. The van der Waals surface area contributed by atoms with Gasteiger partial charge in [0.25, 0.3) is 6.01 Å². The molecule has 1 N–H and O–H groups in total. The number of piperidine rings is 1. The van der Waals surface area contributed by atoms with Crippen LogP contribution in [0.25, 0.3) is 0 Å². The lowest BCUT2D eigenvalue weighted by Gasteiger charge is -2.34. The van der Waals surface area contributed by atoms with Gasteiger partial charge in [0.05, 0.1) is 5.69 Å². The number of aromatic nitrogens is 1. The van der Waals surface area contributed by atoms with Crippen LogP contribution in [0.5, 0.6) is 0 Å². The van der Waals surface area contributed by atoms with E-state index in [-0.39, 0.29) is 5.54 Å². The van der Waals surface area contributed by atoms with Crippen LogP contribution < -0.4 is 10.2 Å². The fraction of sp³-hybridized carbons (Fsp3) is 0.800. The molecule has 114 valence electrons. The largest absolute Gasteiger partial charge is 0.432 e. The average Bonchev–Trinajstić information content (AvgIpc) is 2.84. The van der Waals surface area contributed by atoms with Gasteiger partial charge in [0.2, 0.25) is 0 Å². The lowest BCUT2D eigenvalue weighted by molar-refractivity contribution is 0.249. The Hall–Kier alpha value is -1.07. The summed E-state index contributed by atoms with van der Waals surface area (Å²) >= 11 is 0. The summed E-state index contributed by atoms with van der Waals surface area (Å²) in [6.45, 7) is 9.49. The highest BCUT2D eigenvalue weighted by Gasteiger charge is 2.23. The first kappa shape index (κ1) is 15.3. The van der Waals surface area contributed by atoms with E-state index in [1.165, 1.54) is 12.8 Å². The molecule has 1 aromatic rings. The predicted molar refractivity (Wildman–Crippen MR) is 82.0 cm³/mol. The molecule has 0 unspecified atom stereocenters. The molecule has 1 aliphatic heterocycles. The first-order valence-corrected chi connectivity index (χ1v) is 7.46. The van der Waals surface area contributed by atoms with E-state index in [9.17, 15) is 0 Å². The van der Waals surface area contributed by atoms with Gasteiger partial charge in [-0.25, -0.2) is 0 Å². The molecule has 1 aromatic heterocycles. The van der Waals surface area contributed by atoms with Crippen molar-refractivity contribution in [3.8, 4) is 0 Å². The summed E-state index contributed by atoms with van der Waals surface area (Å²) < 4.78 is 5.63. The van der Waals surface area contributed by atoms with E-state index in [0.29, 0.717) is 6.04 Å². The van der Waals surface area contributed by atoms with Crippen molar-refractivity contribution in [1.29, 1.82) is 0 Å². The molecular formula is C15H28N4O. The standard InChI is InChI=1S/C15H28N4O/c1-15(2,3)16-10-12-11-20-14(17-12)19(5)13-6-8-18(4)9-7-13/h11,13,16H,6-10H2,1-5H3. The third-order valence-corrected chi connectivity index (χ3v) is 3.88. The van der Waals surface area contributed by atoms with Crippen LogP contribution in [-0.2, 0) is 6.54 Å². The molecule has 5 heteroatoms. The van der Waals surface area contributed by atoms with E-state index in [1.54, 1.807) is 6.26 Å². The first-order chi connectivity index (χ1) is 9.35. The summed E-state index contributed by atoms with van der Waals surface area (Å²) in [5.41, 5.74) is 1.06. The lowest BCUT2D eigenvalue weighted by Crippen LogP contribution is -2.42. The summed E-state index contributed by atoms with van der Waals surface area (Å²) in [6, 6.07) is 1.28. The molecule has 20 heavy (non-hydrogen) atoms. The quantitative estimate of drug-likeness (QED) is 0.915. The predicted octanol–water partition coefficient (Wildman–Crippen LogP) is 2.09. The topological polar surface area (TPSA) is 44.5 Å². The second-order valence-electron chi connectivity index (χ2n) is 6.87. The van der Waals surface area contributed by atoms with Crippen LogP contribution in [-0.4, -0.2) is 48.6 Å². The first-order valence-electron chi connectivity index (χ1n) is 7.46. The zero-order valence-corrected chi connectivity index (χ0v) is 13.4. The Kier molecular flexibility index (Phi) is 4.70. The van der Waals surface area contributed by atoms with E-state index >= 15 is 0 Å². The van der Waals surface area contributed by atoms with Gasteiger partial charge in [-0.15, -0.1) is 0 Å². The Morgan fingerprint density at radius 1 is 1.40 bits per heavy atom. The van der Waals surface area contributed by atoms with Crippen molar-refractivity contribution in [1.82, 2.24) is 15.2 Å². The number of anilines is 1. The average molecular weight is 280 g/mol. The number of likely N-dealkylation sites (tertiary alicyclic amines) is 1. The molecule has 0 aliphatic carbocycles. The minimum Gasteiger partial charge on any atom is -0.432 e. The fourth-order valence-electron chi connectivity index (χ4n) is 2.43. The van der Waals surface area contributed by atoms with Gasteiger partial charge in [0, 0.05) is 25.2 Å². The van der Waals surface area contributed by atoms with Gasteiger partial charge in [-0.05, 0) is 53.8 Å². The van der Waals surface area contributed by atoms with Crippen LogP contribution in [0.3, 0.4) is 0 Å². The fourth-order valence-corrected chi connectivity index (χ4v) is 2.43. The highest BCUT2D eigenvalue weighted by Crippen LogP contribution is 2.21. The van der Waals surface area contributed by atoms with Crippen molar-refractivity contribution in [3.63, 3.8) is 0 Å². The van der Waals surface area contributed by atoms with E-state index in [4.69, 9.17) is 4.42 Å². The smallest absolute Gasteiger partial charge is 0.297 e. The third kappa shape index (κ3) is 4.21. The van der Waals surface area contributed by atoms with Gasteiger partial charge in [-0.2, -0.15) is 4.98 Å². The highest BCUT2D eigenvalue weighted by atomic mass is 16.4. The molecular weight excluding hydrogens is 252 g/mol. The molecule has 0 aromatic carbocycles.